The second-order valence-corrected chi connectivity index (χ2v) is 9.57. The van der Waals surface area contributed by atoms with Crippen molar-refractivity contribution in [3.63, 3.8) is 0 Å². The molecule has 1 aromatic carbocycles. The van der Waals surface area contributed by atoms with E-state index in [4.69, 9.17) is 4.74 Å². The van der Waals surface area contributed by atoms with Crippen molar-refractivity contribution in [1.29, 1.82) is 0 Å². The summed E-state index contributed by atoms with van der Waals surface area (Å²) in [6, 6.07) is 5.65. The SMILES string of the molecule is CC[C@@H]1C=C[C@H]2[C@H](C(=O)N([C@@H](CO)CC(C)C)[C@@H]2C(=O)Nc2ccc(OC)cc2)[C@@H]1C(=O)NC. The number of carbonyl (C=O) groups excluding carboxylic acids is 3. The fourth-order valence-corrected chi connectivity index (χ4v) is 5.46. The number of aliphatic hydroxyl groups is 1. The number of amides is 3. The number of fused-ring (bicyclic) bond motifs is 1. The fourth-order valence-electron chi connectivity index (χ4n) is 5.46. The third kappa shape index (κ3) is 4.97. The van der Waals surface area contributed by atoms with Crippen molar-refractivity contribution >= 4 is 23.4 Å². The number of anilines is 1. The summed E-state index contributed by atoms with van der Waals surface area (Å²) in [5, 5.41) is 15.9. The monoisotopic (exact) mass is 471 g/mol. The average Bonchev–Trinajstić information content (AvgIpc) is 3.13. The van der Waals surface area contributed by atoms with E-state index in [9.17, 15) is 19.5 Å². The molecular weight excluding hydrogens is 434 g/mol. The minimum absolute atomic E-state index is 0.0897. The highest BCUT2D eigenvalue weighted by Crippen LogP contribution is 2.46. The number of nitrogens with one attached hydrogen (secondary N) is 2. The van der Waals surface area contributed by atoms with E-state index in [1.165, 1.54) is 0 Å². The van der Waals surface area contributed by atoms with Crippen molar-refractivity contribution in [3.05, 3.63) is 36.4 Å². The van der Waals surface area contributed by atoms with Crippen molar-refractivity contribution in [3.8, 4) is 5.75 Å². The number of hydrogen-bond donors (Lipinski definition) is 3. The number of allylic oxidation sites excluding steroid dienone is 1. The molecule has 1 fully saturated rings. The van der Waals surface area contributed by atoms with Crippen molar-refractivity contribution in [2.24, 2.45) is 29.6 Å². The quantitative estimate of drug-likeness (QED) is 0.480. The molecular formula is C26H37N3O5. The molecule has 0 saturated carbocycles. The summed E-state index contributed by atoms with van der Waals surface area (Å²) in [5.74, 6) is -1.64. The van der Waals surface area contributed by atoms with Crippen LogP contribution in [0.5, 0.6) is 5.75 Å². The molecule has 3 amide bonds. The van der Waals surface area contributed by atoms with Crippen molar-refractivity contribution < 1.29 is 24.2 Å². The highest BCUT2D eigenvalue weighted by Gasteiger charge is 2.58. The molecule has 0 bridgehead atoms. The van der Waals surface area contributed by atoms with Crippen molar-refractivity contribution in [2.75, 3.05) is 26.1 Å². The molecule has 1 aliphatic carbocycles. The van der Waals surface area contributed by atoms with Gasteiger partial charge in [-0.15, -0.1) is 0 Å². The first-order valence-corrected chi connectivity index (χ1v) is 12.0. The van der Waals surface area contributed by atoms with Gasteiger partial charge >= 0.3 is 0 Å². The highest BCUT2D eigenvalue weighted by atomic mass is 16.5. The summed E-state index contributed by atoms with van der Waals surface area (Å²) in [4.78, 5) is 41.9. The number of ether oxygens (including phenoxy) is 1. The van der Waals surface area contributed by atoms with Crippen LogP contribution in [-0.2, 0) is 14.4 Å². The second kappa shape index (κ2) is 11.0. The molecule has 3 rings (SSSR count). The van der Waals surface area contributed by atoms with Crippen LogP contribution in [0.4, 0.5) is 5.69 Å². The molecule has 1 heterocycles. The van der Waals surface area contributed by atoms with Gasteiger partial charge in [0, 0.05) is 18.7 Å². The normalized spacial score (nSPS) is 26.9. The van der Waals surface area contributed by atoms with E-state index in [-0.39, 0.29) is 36.2 Å². The molecule has 186 valence electrons. The molecule has 2 aliphatic rings. The number of methoxy groups -OCH3 is 1. The largest absolute Gasteiger partial charge is 0.497 e. The first-order valence-electron chi connectivity index (χ1n) is 12.0. The number of hydrogen-bond acceptors (Lipinski definition) is 5. The van der Waals surface area contributed by atoms with Gasteiger partial charge in [0.2, 0.25) is 17.7 Å². The van der Waals surface area contributed by atoms with Crippen LogP contribution in [0.15, 0.2) is 36.4 Å². The van der Waals surface area contributed by atoms with Gasteiger partial charge in [0.1, 0.15) is 11.8 Å². The Bertz CT molecular complexity index is 914. The second-order valence-electron chi connectivity index (χ2n) is 9.57. The van der Waals surface area contributed by atoms with Gasteiger partial charge in [-0.25, -0.2) is 0 Å². The fraction of sp³-hybridized carbons (Fsp3) is 0.577. The third-order valence-electron chi connectivity index (χ3n) is 7.04. The van der Waals surface area contributed by atoms with Crippen LogP contribution >= 0.6 is 0 Å². The zero-order chi connectivity index (χ0) is 25.0. The van der Waals surface area contributed by atoms with E-state index in [0.717, 1.165) is 0 Å². The van der Waals surface area contributed by atoms with Gasteiger partial charge in [-0.1, -0.05) is 32.9 Å². The number of aliphatic hydroxyl groups excluding tert-OH is 1. The van der Waals surface area contributed by atoms with Crippen LogP contribution in [0.2, 0.25) is 0 Å². The molecule has 0 unspecified atom stereocenters. The topological polar surface area (TPSA) is 108 Å². The Hall–Kier alpha value is -2.87. The molecule has 0 aromatic heterocycles. The third-order valence-corrected chi connectivity index (χ3v) is 7.04. The maximum absolute atomic E-state index is 13.9. The van der Waals surface area contributed by atoms with Gasteiger partial charge in [-0.2, -0.15) is 0 Å². The Morgan fingerprint density at radius 3 is 2.35 bits per heavy atom. The van der Waals surface area contributed by atoms with Crippen molar-refractivity contribution in [2.45, 2.75) is 45.7 Å². The molecule has 8 nitrogen and oxygen atoms in total. The molecule has 3 N–H and O–H groups in total. The van der Waals surface area contributed by atoms with Gasteiger partial charge in [0.05, 0.1) is 31.6 Å². The Morgan fingerprint density at radius 1 is 1.15 bits per heavy atom. The summed E-state index contributed by atoms with van der Waals surface area (Å²) in [5.41, 5.74) is 0.583. The van der Waals surface area contributed by atoms with E-state index in [1.807, 2.05) is 32.9 Å². The van der Waals surface area contributed by atoms with Gasteiger partial charge in [-0.05, 0) is 48.9 Å². The van der Waals surface area contributed by atoms with Gasteiger partial charge < -0.3 is 25.4 Å². The van der Waals surface area contributed by atoms with Gasteiger partial charge in [-0.3, -0.25) is 14.4 Å². The summed E-state index contributed by atoms with van der Waals surface area (Å²) in [6.45, 7) is 5.78. The van der Waals surface area contributed by atoms with E-state index in [0.29, 0.717) is 24.3 Å². The zero-order valence-electron chi connectivity index (χ0n) is 20.7. The number of nitrogens with zero attached hydrogens (tertiary/aromatic N) is 1. The lowest BCUT2D eigenvalue weighted by molar-refractivity contribution is -0.143. The lowest BCUT2D eigenvalue weighted by Gasteiger charge is -2.34. The Labute approximate surface area is 201 Å². The Morgan fingerprint density at radius 2 is 1.82 bits per heavy atom. The first-order chi connectivity index (χ1) is 16.3. The molecule has 1 aliphatic heterocycles. The van der Waals surface area contributed by atoms with Crippen LogP contribution in [0.3, 0.4) is 0 Å². The predicted octanol–water partition coefficient (Wildman–Crippen LogP) is 2.44. The van der Waals surface area contributed by atoms with Gasteiger partial charge in [0.15, 0.2) is 0 Å². The molecule has 1 saturated heterocycles. The Kier molecular flexibility index (Phi) is 8.36. The maximum atomic E-state index is 13.9. The maximum Gasteiger partial charge on any atom is 0.247 e. The number of likely N-dealkylation sites (tertiary alicyclic amines) is 1. The number of benzene rings is 1. The van der Waals surface area contributed by atoms with Gasteiger partial charge in [0.25, 0.3) is 0 Å². The highest BCUT2D eigenvalue weighted by molar-refractivity contribution is 6.02. The van der Waals surface area contributed by atoms with E-state index >= 15 is 0 Å². The summed E-state index contributed by atoms with van der Waals surface area (Å²) in [6.07, 6.45) is 5.17. The minimum Gasteiger partial charge on any atom is -0.497 e. The average molecular weight is 472 g/mol. The zero-order valence-corrected chi connectivity index (χ0v) is 20.7. The summed E-state index contributed by atoms with van der Waals surface area (Å²) >= 11 is 0. The minimum atomic E-state index is -0.822. The molecule has 6 atom stereocenters. The molecule has 0 radical (unpaired) electrons. The van der Waals surface area contributed by atoms with Crippen molar-refractivity contribution in [1.82, 2.24) is 10.2 Å². The molecule has 1 aromatic rings. The Balaban J connectivity index is 2.02. The lowest BCUT2D eigenvalue weighted by Crippen LogP contribution is -2.51. The van der Waals surface area contributed by atoms with Crippen LogP contribution in [0.25, 0.3) is 0 Å². The van der Waals surface area contributed by atoms with E-state index in [2.05, 4.69) is 10.6 Å². The predicted molar refractivity (Wildman–Crippen MR) is 130 cm³/mol. The number of rotatable bonds is 9. The summed E-state index contributed by atoms with van der Waals surface area (Å²) in [7, 11) is 3.14. The van der Waals surface area contributed by atoms with E-state index in [1.54, 1.807) is 43.3 Å². The number of carbonyl (C=O) groups is 3. The van der Waals surface area contributed by atoms with Crippen LogP contribution in [0, 0.1) is 29.6 Å². The lowest BCUT2D eigenvalue weighted by atomic mass is 9.69. The standard InChI is InChI=1S/C26H37N3O5/c1-6-16-7-12-20-22(21(16)24(31)27-4)26(33)29(18(14-30)13-15(2)3)23(20)25(32)28-17-8-10-19(34-5)11-9-17/h7-12,15-16,18,20-23,30H,6,13-14H2,1-5H3,(H,27,31)(H,28,32)/t16-,18-,20+,21-,22+,23+/m1/s1. The van der Waals surface area contributed by atoms with Crippen LogP contribution < -0.4 is 15.4 Å². The van der Waals surface area contributed by atoms with Crippen LogP contribution in [-0.4, -0.2) is 60.6 Å². The molecule has 0 spiro atoms. The van der Waals surface area contributed by atoms with Crippen LogP contribution in [0.1, 0.15) is 33.6 Å². The molecule has 8 heteroatoms. The molecule has 34 heavy (non-hydrogen) atoms. The summed E-state index contributed by atoms with van der Waals surface area (Å²) < 4.78 is 5.18. The first kappa shape index (κ1) is 25.7. The van der Waals surface area contributed by atoms with E-state index < -0.39 is 29.8 Å². The smallest absolute Gasteiger partial charge is 0.247 e.